The van der Waals surface area contributed by atoms with Gasteiger partial charge in [-0.2, -0.15) is 0 Å². The van der Waals surface area contributed by atoms with Crippen LogP contribution in [0.15, 0.2) is 0 Å². The van der Waals surface area contributed by atoms with Gasteiger partial charge in [-0.25, -0.2) is 0 Å². The minimum absolute atomic E-state index is 0.493. The summed E-state index contributed by atoms with van der Waals surface area (Å²) in [6, 6.07) is 3.14. The molecule has 0 aromatic heterocycles. The molecule has 240 valence electrons. The molecular weight excluding hydrogens is 645 g/mol. The summed E-state index contributed by atoms with van der Waals surface area (Å²) in [4.78, 5) is 0. The van der Waals surface area contributed by atoms with Crippen LogP contribution in [0.25, 0.3) is 0 Å². The van der Waals surface area contributed by atoms with E-state index in [-0.39, 0.29) is 0 Å². The Morgan fingerprint density at radius 2 is 0.700 bits per heavy atom. The third kappa shape index (κ3) is 10.6. The highest BCUT2D eigenvalue weighted by molar-refractivity contribution is 6.94. The van der Waals surface area contributed by atoms with Crippen LogP contribution in [0.5, 0.6) is 0 Å². The van der Waals surface area contributed by atoms with Crippen LogP contribution in [0, 0.1) is 0 Å². The average molecular weight is 699 g/mol. The second-order valence-electron chi connectivity index (χ2n) is 10.6. The van der Waals surface area contributed by atoms with Crippen molar-refractivity contribution in [3.05, 3.63) is 0 Å². The molecule has 1 fully saturated rings. The molecule has 0 aliphatic carbocycles. The molecule has 1 unspecified atom stereocenters. The minimum Gasteiger partial charge on any atom is -0.416 e. The van der Waals surface area contributed by atoms with Crippen LogP contribution in [0.3, 0.4) is 0 Å². The molecular formula is C20H54O13Si7. The van der Waals surface area contributed by atoms with E-state index in [1.54, 1.807) is 64.0 Å². The predicted molar refractivity (Wildman–Crippen MR) is 166 cm³/mol. The van der Waals surface area contributed by atoms with Gasteiger partial charge < -0.3 is 56.3 Å². The van der Waals surface area contributed by atoms with Gasteiger partial charge in [-0.15, -0.1) is 0 Å². The van der Waals surface area contributed by atoms with Gasteiger partial charge in [-0.1, -0.05) is 0 Å². The highest BCUT2D eigenvalue weighted by atomic mass is 28.5. The molecule has 40 heavy (non-hydrogen) atoms. The SMILES string of the molecule is CO[Si](CC[Si]1(C)O[Si](C)(C)O[Si](C)(C)O[Si](CC[Si](OC)(OC)OC)(CC[Si](OC)(OC)OC)O1)(OC)OC. The van der Waals surface area contributed by atoms with Crippen LogP contribution in [0.4, 0.5) is 0 Å². The van der Waals surface area contributed by atoms with E-state index in [2.05, 4.69) is 6.55 Å². The van der Waals surface area contributed by atoms with Gasteiger partial charge in [0, 0.05) is 82.1 Å². The Bertz CT molecular complexity index is 705. The van der Waals surface area contributed by atoms with Crippen LogP contribution in [-0.2, 0) is 56.3 Å². The molecule has 0 aromatic carbocycles. The van der Waals surface area contributed by atoms with Gasteiger partial charge in [0.1, 0.15) is 0 Å². The maximum Gasteiger partial charge on any atom is 0.500 e. The lowest BCUT2D eigenvalue weighted by molar-refractivity contribution is 0.122. The Morgan fingerprint density at radius 1 is 0.400 bits per heavy atom. The summed E-state index contributed by atoms with van der Waals surface area (Å²) >= 11 is 0. The number of hydrogen-bond donors (Lipinski definition) is 0. The van der Waals surface area contributed by atoms with Gasteiger partial charge in [-0.05, 0) is 50.9 Å². The fourth-order valence-electron chi connectivity index (χ4n) is 5.20. The molecule has 0 aromatic rings. The minimum atomic E-state index is -3.16. The predicted octanol–water partition coefficient (Wildman–Crippen LogP) is 3.62. The van der Waals surface area contributed by atoms with Crippen molar-refractivity contribution in [2.45, 2.75) is 69.0 Å². The zero-order valence-electron chi connectivity index (χ0n) is 27.0. The molecule has 0 radical (unpaired) electrons. The van der Waals surface area contributed by atoms with Gasteiger partial charge >= 0.3 is 60.7 Å². The molecule has 1 rings (SSSR count). The maximum atomic E-state index is 7.31. The lowest BCUT2D eigenvalue weighted by atomic mass is 10.9. The molecule has 1 heterocycles. The first kappa shape index (κ1) is 39.0. The fourth-order valence-corrected chi connectivity index (χ4v) is 37.6. The van der Waals surface area contributed by atoms with Gasteiger partial charge in [0.2, 0.25) is 0 Å². The largest absolute Gasteiger partial charge is 0.500 e. The van der Waals surface area contributed by atoms with E-state index in [0.717, 1.165) is 0 Å². The van der Waals surface area contributed by atoms with Crippen molar-refractivity contribution >= 4 is 60.7 Å². The zero-order valence-corrected chi connectivity index (χ0v) is 34.0. The summed E-state index contributed by atoms with van der Waals surface area (Å²) in [5.74, 6) is 0. The molecule has 1 aliphatic rings. The van der Waals surface area contributed by atoms with E-state index in [1.165, 1.54) is 0 Å². The van der Waals surface area contributed by atoms with Crippen molar-refractivity contribution in [2.24, 2.45) is 0 Å². The van der Waals surface area contributed by atoms with Gasteiger partial charge in [0.15, 0.2) is 0 Å². The van der Waals surface area contributed by atoms with Crippen molar-refractivity contribution in [1.82, 2.24) is 0 Å². The zero-order chi connectivity index (χ0) is 30.9. The molecule has 0 saturated carbocycles. The fraction of sp³-hybridized carbons (Fsp3) is 1.00. The number of hydrogen-bond acceptors (Lipinski definition) is 13. The maximum absolute atomic E-state index is 7.31. The summed E-state index contributed by atoms with van der Waals surface area (Å²) in [5.41, 5.74) is 0. The van der Waals surface area contributed by atoms with Crippen LogP contribution >= 0.6 is 0 Å². The lowest BCUT2D eigenvalue weighted by Gasteiger charge is -2.50. The standard InChI is InChI=1S/C20H54O13Si7/c1-21-38(22-2,23-3)18-15-36(14)31-34(10,11)30-35(12,13)32-37(33-36,16-19-39(24-4,25-5)26-6)17-20-40(27-7,28-8)29-9/h15-20H2,1-14H3. The third-order valence-corrected chi connectivity index (χ3v) is 34.3. The van der Waals surface area contributed by atoms with Gasteiger partial charge in [-0.3, -0.25) is 0 Å². The van der Waals surface area contributed by atoms with Gasteiger partial charge in [0.25, 0.3) is 0 Å². The van der Waals surface area contributed by atoms with E-state index in [1.807, 2.05) is 26.2 Å². The summed E-state index contributed by atoms with van der Waals surface area (Å²) in [7, 11) is -5.90. The Labute approximate surface area is 249 Å². The van der Waals surface area contributed by atoms with Crippen LogP contribution in [0.2, 0.25) is 69.0 Å². The summed E-state index contributed by atoms with van der Waals surface area (Å²) in [6.45, 7) is 10.2. The molecule has 1 saturated heterocycles. The van der Waals surface area contributed by atoms with Crippen molar-refractivity contribution in [2.75, 3.05) is 64.0 Å². The van der Waals surface area contributed by atoms with E-state index in [0.29, 0.717) is 36.3 Å². The Kier molecular flexibility index (Phi) is 15.4. The van der Waals surface area contributed by atoms with Crippen molar-refractivity contribution in [3.63, 3.8) is 0 Å². The van der Waals surface area contributed by atoms with Crippen LogP contribution in [-0.4, -0.2) is 125 Å². The topological polar surface area (TPSA) is 120 Å². The molecule has 0 spiro atoms. The number of rotatable bonds is 18. The highest BCUT2D eigenvalue weighted by Gasteiger charge is 2.59. The summed E-state index contributed by atoms with van der Waals surface area (Å²) in [6.07, 6.45) is 0. The third-order valence-electron chi connectivity index (χ3n) is 7.10. The molecule has 0 bridgehead atoms. The Morgan fingerprint density at radius 3 is 1.02 bits per heavy atom. The van der Waals surface area contributed by atoms with E-state index in [9.17, 15) is 0 Å². The summed E-state index contributed by atoms with van der Waals surface area (Å²) < 4.78 is 79.9. The van der Waals surface area contributed by atoms with E-state index >= 15 is 0 Å². The Hall–Kier alpha value is 0.998. The molecule has 20 heteroatoms. The highest BCUT2D eigenvalue weighted by Crippen LogP contribution is 2.41. The molecule has 1 atom stereocenters. The second kappa shape index (κ2) is 15.8. The normalized spacial score (nSPS) is 23.6. The first-order chi connectivity index (χ1) is 18.5. The van der Waals surface area contributed by atoms with Crippen LogP contribution in [0.1, 0.15) is 0 Å². The first-order valence-corrected chi connectivity index (χ1v) is 29.4. The van der Waals surface area contributed by atoms with Gasteiger partial charge in [0.05, 0.1) is 0 Å². The first-order valence-electron chi connectivity index (χ1n) is 13.3. The smallest absolute Gasteiger partial charge is 0.416 e. The molecule has 13 nitrogen and oxygen atoms in total. The quantitative estimate of drug-likeness (QED) is 0.194. The molecule has 1 aliphatic heterocycles. The average Bonchev–Trinajstić information content (AvgIpc) is 2.90. The van der Waals surface area contributed by atoms with E-state index in [4.69, 9.17) is 56.3 Å². The van der Waals surface area contributed by atoms with Crippen LogP contribution < -0.4 is 0 Å². The summed E-state index contributed by atoms with van der Waals surface area (Å²) in [5, 5.41) is 0. The monoisotopic (exact) mass is 698 g/mol. The van der Waals surface area contributed by atoms with Crippen molar-refractivity contribution in [1.29, 1.82) is 0 Å². The molecule has 0 N–H and O–H groups in total. The second-order valence-corrected chi connectivity index (χ2v) is 34.4. The van der Waals surface area contributed by atoms with E-state index < -0.39 is 60.7 Å². The molecule has 0 amide bonds. The Balaban J connectivity index is 3.66. The van der Waals surface area contributed by atoms with Crippen molar-refractivity contribution in [3.8, 4) is 0 Å². The lowest BCUT2D eigenvalue weighted by Crippen LogP contribution is -2.67. The van der Waals surface area contributed by atoms with Crippen molar-refractivity contribution < 1.29 is 56.3 Å².